The van der Waals surface area contributed by atoms with Gasteiger partial charge in [-0.1, -0.05) is 0 Å². The Morgan fingerprint density at radius 2 is 2.06 bits per heavy atom. The molecule has 0 saturated heterocycles. The van der Waals surface area contributed by atoms with Gasteiger partial charge in [-0.05, 0) is 25.8 Å². The maximum atomic E-state index is 10.8. The molecule has 0 aliphatic carbocycles. The molecule has 1 aromatic carbocycles. The van der Waals surface area contributed by atoms with Crippen molar-refractivity contribution in [3.05, 3.63) is 28.3 Å². The number of nitro benzene ring substituents is 1. The van der Waals surface area contributed by atoms with E-state index in [9.17, 15) is 10.1 Å². The van der Waals surface area contributed by atoms with Crippen LogP contribution in [0.3, 0.4) is 0 Å². The van der Waals surface area contributed by atoms with Crippen LogP contribution in [-0.2, 0) is 0 Å². The summed E-state index contributed by atoms with van der Waals surface area (Å²) in [5, 5.41) is 25.9. The molecule has 1 aromatic rings. The number of nitrogens with zero attached hydrogens (tertiary/aromatic N) is 1. The normalized spacial score (nSPS) is 11.9. The number of hydrogen-bond acceptors (Lipinski definition) is 5. The van der Waals surface area contributed by atoms with E-state index in [2.05, 4.69) is 10.6 Å². The van der Waals surface area contributed by atoms with Crippen molar-refractivity contribution in [3.8, 4) is 0 Å². The number of non-ortho nitro benzene ring substituents is 1. The monoisotopic (exact) mass is 253 g/mol. The standard InChI is InChI=1S/C12H19N3O3/c1-9(16)4-3-5-14-11-6-10(13-2)7-12(8-11)15(17)18/h6-9,13-14,16H,3-5H2,1-2H3. The molecular weight excluding hydrogens is 234 g/mol. The number of aliphatic hydroxyl groups excluding tert-OH is 1. The molecule has 0 aromatic heterocycles. The fourth-order valence-electron chi connectivity index (χ4n) is 1.59. The Hall–Kier alpha value is -1.82. The van der Waals surface area contributed by atoms with Crippen molar-refractivity contribution in [2.45, 2.75) is 25.9 Å². The zero-order valence-corrected chi connectivity index (χ0v) is 10.6. The lowest BCUT2D eigenvalue weighted by atomic mass is 10.2. The van der Waals surface area contributed by atoms with E-state index in [1.54, 1.807) is 14.0 Å². The summed E-state index contributed by atoms with van der Waals surface area (Å²) < 4.78 is 0. The summed E-state index contributed by atoms with van der Waals surface area (Å²) in [4.78, 5) is 10.3. The first-order valence-corrected chi connectivity index (χ1v) is 5.92. The minimum Gasteiger partial charge on any atom is -0.393 e. The lowest BCUT2D eigenvalue weighted by molar-refractivity contribution is -0.384. The van der Waals surface area contributed by atoms with Gasteiger partial charge in [0.1, 0.15) is 0 Å². The van der Waals surface area contributed by atoms with E-state index in [-0.39, 0.29) is 11.8 Å². The summed E-state index contributed by atoms with van der Waals surface area (Å²) in [5.41, 5.74) is 1.46. The number of hydrogen-bond donors (Lipinski definition) is 3. The molecule has 0 fully saturated rings. The fraction of sp³-hybridized carbons (Fsp3) is 0.500. The summed E-state index contributed by atoms with van der Waals surface area (Å²) in [6, 6.07) is 4.81. The van der Waals surface area contributed by atoms with Crippen molar-refractivity contribution in [1.82, 2.24) is 0 Å². The summed E-state index contributed by atoms with van der Waals surface area (Å²) in [7, 11) is 1.72. The number of nitro groups is 1. The lowest BCUT2D eigenvalue weighted by Crippen LogP contribution is -2.07. The molecule has 0 saturated carbocycles. The molecule has 0 heterocycles. The van der Waals surface area contributed by atoms with Gasteiger partial charge in [0.2, 0.25) is 0 Å². The van der Waals surface area contributed by atoms with Gasteiger partial charge in [0.15, 0.2) is 0 Å². The minimum absolute atomic E-state index is 0.0554. The van der Waals surface area contributed by atoms with Crippen LogP contribution < -0.4 is 10.6 Å². The summed E-state index contributed by atoms with van der Waals surface area (Å²) in [6.45, 7) is 2.42. The molecule has 0 bridgehead atoms. The summed E-state index contributed by atoms with van der Waals surface area (Å²) in [5.74, 6) is 0. The van der Waals surface area contributed by atoms with Gasteiger partial charge in [-0.2, -0.15) is 0 Å². The molecular formula is C12H19N3O3. The van der Waals surface area contributed by atoms with Crippen molar-refractivity contribution >= 4 is 17.1 Å². The highest BCUT2D eigenvalue weighted by molar-refractivity contribution is 5.63. The molecule has 1 atom stereocenters. The van der Waals surface area contributed by atoms with Crippen LogP contribution in [0.2, 0.25) is 0 Å². The maximum Gasteiger partial charge on any atom is 0.273 e. The van der Waals surface area contributed by atoms with Crippen molar-refractivity contribution in [2.75, 3.05) is 24.2 Å². The van der Waals surface area contributed by atoms with Crippen LogP contribution in [0.4, 0.5) is 17.1 Å². The second-order valence-electron chi connectivity index (χ2n) is 4.19. The molecule has 0 amide bonds. The van der Waals surface area contributed by atoms with Gasteiger partial charge in [-0.25, -0.2) is 0 Å². The largest absolute Gasteiger partial charge is 0.393 e. The minimum atomic E-state index is -0.415. The molecule has 0 aliphatic rings. The number of anilines is 2. The van der Waals surface area contributed by atoms with Crippen molar-refractivity contribution < 1.29 is 10.0 Å². The first-order valence-electron chi connectivity index (χ1n) is 5.92. The summed E-state index contributed by atoms with van der Waals surface area (Å²) >= 11 is 0. The van der Waals surface area contributed by atoms with Crippen molar-refractivity contribution in [2.24, 2.45) is 0 Å². The van der Waals surface area contributed by atoms with Gasteiger partial charge in [0.05, 0.1) is 11.0 Å². The first-order chi connectivity index (χ1) is 8.52. The van der Waals surface area contributed by atoms with Crippen LogP contribution in [0, 0.1) is 10.1 Å². The molecule has 6 nitrogen and oxygen atoms in total. The van der Waals surface area contributed by atoms with E-state index in [1.165, 1.54) is 12.1 Å². The van der Waals surface area contributed by atoms with Crippen LogP contribution >= 0.6 is 0 Å². The molecule has 0 aliphatic heterocycles. The van der Waals surface area contributed by atoms with Gasteiger partial charge in [0.25, 0.3) is 5.69 Å². The Kier molecular flexibility index (Phi) is 5.38. The Bertz CT molecular complexity index is 408. The van der Waals surface area contributed by atoms with E-state index < -0.39 is 4.92 Å². The van der Waals surface area contributed by atoms with Crippen LogP contribution in [0.25, 0.3) is 0 Å². The highest BCUT2D eigenvalue weighted by Gasteiger charge is 2.08. The quantitative estimate of drug-likeness (QED) is 0.394. The van der Waals surface area contributed by atoms with Crippen LogP contribution in [0.15, 0.2) is 18.2 Å². The third kappa shape index (κ3) is 4.58. The van der Waals surface area contributed by atoms with Gasteiger partial charge in [-0.3, -0.25) is 10.1 Å². The highest BCUT2D eigenvalue weighted by atomic mass is 16.6. The number of benzene rings is 1. The van der Waals surface area contributed by atoms with Crippen molar-refractivity contribution in [1.29, 1.82) is 0 Å². The predicted molar refractivity (Wildman–Crippen MR) is 72.0 cm³/mol. The van der Waals surface area contributed by atoms with Gasteiger partial charge >= 0.3 is 0 Å². The topological polar surface area (TPSA) is 87.4 Å². The second-order valence-corrected chi connectivity index (χ2v) is 4.19. The Morgan fingerprint density at radius 3 is 2.61 bits per heavy atom. The van der Waals surface area contributed by atoms with E-state index in [0.717, 1.165) is 6.42 Å². The SMILES string of the molecule is CNc1cc(NCCCC(C)O)cc([N+](=O)[O-])c1. The number of aliphatic hydroxyl groups is 1. The number of nitrogens with one attached hydrogen (secondary N) is 2. The smallest absolute Gasteiger partial charge is 0.273 e. The molecule has 1 unspecified atom stereocenters. The molecule has 100 valence electrons. The van der Waals surface area contributed by atoms with Gasteiger partial charge in [-0.15, -0.1) is 0 Å². The average molecular weight is 253 g/mol. The van der Waals surface area contributed by atoms with Crippen LogP contribution in [0.5, 0.6) is 0 Å². The van der Waals surface area contributed by atoms with E-state index in [0.29, 0.717) is 24.3 Å². The van der Waals surface area contributed by atoms with Crippen LogP contribution in [-0.4, -0.2) is 29.7 Å². The van der Waals surface area contributed by atoms with Gasteiger partial charge < -0.3 is 15.7 Å². The zero-order valence-electron chi connectivity index (χ0n) is 10.6. The Labute approximate surface area is 106 Å². The van der Waals surface area contributed by atoms with E-state index in [1.807, 2.05) is 6.07 Å². The van der Waals surface area contributed by atoms with Crippen LogP contribution in [0.1, 0.15) is 19.8 Å². The molecule has 3 N–H and O–H groups in total. The lowest BCUT2D eigenvalue weighted by Gasteiger charge is -2.09. The first kappa shape index (κ1) is 14.2. The molecule has 6 heteroatoms. The fourth-order valence-corrected chi connectivity index (χ4v) is 1.59. The maximum absolute atomic E-state index is 10.8. The average Bonchev–Trinajstić information content (AvgIpc) is 2.34. The molecule has 1 rings (SSSR count). The Morgan fingerprint density at radius 1 is 1.39 bits per heavy atom. The third-order valence-corrected chi connectivity index (χ3v) is 2.55. The summed E-state index contributed by atoms with van der Waals surface area (Å²) in [6.07, 6.45) is 1.21. The third-order valence-electron chi connectivity index (χ3n) is 2.55. The Balaban J connectivity index is 2.64. The van der Waals surface area contributed by atoms with E-state index >= 15 is 0 Å². The molecule has 0 spiro atoms. The van der Waals surface area contributed by atoms with Gasteiger partial charge in [0, 0.05) is 37.1 Å². The molecule has 18 heavy (non-hydrogen) atoms. The van der Waals surface area contributed by atoms with E-state index in [4.69, 9.17) is 5.11 Å². The predicted octanol–water partition coefficient (Wildman–Crippen LogP) is 2.21. The number of rotatable bonds is 7. The van der Waals surface area contributed by atoms with Crippen molar-refractivity contribution in [3.63, 3.8) is 0 Å². The zero-order chi connectivity index (χ0) is 13.5. The second kappa shape index (κ2) is 6.80. The highest BCUT2D eigenvalue weighted by Crippen LogP contribution is 2.24. The molecule has 0 radical (unpaired) electrons.